The SMILES string of the molecule is CCN(CC)CC(=O)Nc1ccc2c(c1O)C(O)=C1C(=O)[C@]3(O)C(O)=C(C(N)=O)C(=O)[C@@H](N(C)C)C3C(O)C1[C@H]2C. The topological polar surface area (TPSA) is 214 Å². The highest BCUT2D eigenvalue weighted by Gasteiger charge is 2.68. The number of anilines is 1. The Balaban J connectivity index is 1.90. The Bertz CT molecular complexity index is 1400. The van der Waals surface area contributed by atoms with Crippen LogP contribution in [0.1, 0.15) is 37.8 Å². The summed E-state index contributed by atoms with van der Waals surface area (Å²) in [6.45, 7) is 6.72. The summed E-state index contributed by atoms with van der Waals surface area (Å²) >= 11 is 0. The third-order valence-corrected chi connectivity index (χ3v) is 8.67. The third kappa shape index (κ3) is 4.31. The van der Waals surface area contributed by atoms with Crippen LogP contribution in [-0.4, -0.2) is 110 Å². The number of phenolic OH excluding ortho intramolecular Hbond substituents is 1. The molecule has 0 radical (unpaired) electrons. The lowest BCUT2D eigenvalue weighted by Crippen LogP contribution is -2.70. The van der Waals surface area contributed by atoms with Gasteiger partial charge in [0.1, 0.15) is 22.8 Å². The minimum Gasteiger partial charge on any atom is -0.508 e. The van der Waals surface area contributed by atoms with Gasteiger partial charge in [-0.1, -0.05) is 26.8 Å². The van der Waals surface area contributed by atoms with E-state index in [4.69, 9.17) is 5.73 Å². The van der Waals surface area contributed by atoms with E-state index in [2.05, 4.69) is 5.32 Å². The van der Waals surface area contributed by atoms with Crippen LogP contribution in [0.2, 0.25) is 0 Å². The smallest absolute Gasteiger partial charge is 0.255 e. The lowest BCUT2D eigenvalue weighted by Gasteiger charge is -2.53. The Morgan fingerprint density at radius 2 is 1.71 bits per heavy atom. The van der Waals surface area contributed by atoms with Gasteiger partial charge in [-0.05, 0) is 44.7 Å². The van der Waals surface area contributed by atoms with Gasteiger partial charge in [0.15, 0.2) is 11.4 Å². The molecule has 3 aliphatic carbocycles. The second kappa shape index (κ2) is 10.6. The number of nitrogens with zero attached hydrogens (tertiary/aromatic N) is 2. The fraction of sp³-hybridized carbons (Fsp3) is 0.500. The van der Waals surface area contributed by atoms with Gasteiger partial charge >= 0.3 is 0 Å². The van der Waals surface area contributed by atoms with Crippen molar-refractivity contribution in [1.29, 1.82) is 0 Å². The molecule has 0 aliphatic heterocycles. The fourth-order valence-corrected chi connectivity index (χ4v) is 6.56. The van der Waals surface area contributed by atoms with Crippen LogP contribution in [0.4, 0.5) is 5.69 Å². The van der Waals surface area contributed by atoms with Gasteiger partial charge in [0.2, 0.25) is 11.7 Å². The van der Waals surface area contributed by atoms with Crippen LogP contribution in [0.3, 0.4) is 0 Å². The van der Waals surface area contributed by atoms with Crippen LogP contribution in [0, 0.1) is 11.8 Å². The van der Waals surface area contributed by atoms with Crippen LogP contribution in [0.15, 0.2) is 29.0 Å². The number of hydrogen-bond donors (Lipinski definition) is 7. The number of primary amides is 1. The van der Waals surface area contributed by atoms with Crippen LogP contribution in [-0.2, 0) is 19.2 Å². The molecule has 0 saturated heterocycles. The second-order valence-electron chi connectivity index (χ2n) is 11.0. The number of Topliss-reactive ketones (excluding diaryl/α,β-unsaturated/α-hetero) is 2. The summed E-state index contributed by atoms with van der Waals surface area (Å²) in [6, 6.07) is 1.55. The van der Waals surface area contributed by atoms with Gasteiger partial charge in [0.05, 0.1) is 35.9 Å². The van der Waals surface area contributed by atoms with E-state index in [1.165, 1.54) is 31.1 Å². The summed E-state index contributed by atoms with van der Waals surface area (Å²) in [5.41, 5.74) is 0.971. The minimum atomic E-state index is -2.99. The molecular weight excluding hydrogens is 536 g/mol. The summed E-state index contributed by atoms with van der Waals surface area (Å²) < 4.78 is 0. The van der Waals surface area contributed by atoms with Crippen molar-refractivity contribution in [3.63, 3.8) is 0 Å². The molecule has 0 spiro atoms. The first kappa shape index (κ1) is 30.2. The molecule has 1 aromatic carbocycles. The van der Waals surface area contributed by atoms with Gasteiger partial charge in [-0.15, -0.1) is 0 Å². The highest BCUT2D eigenvalue weighted by atomic mass is 16.4. The molecule has 1 fully saturated rings. The predicted octanol–water partition coefficient (Wildman–Crippen LogP) is -0.224. The Kier molecular flexibility index (Phi) is 7.78. The molecule has 8 N–H and O–H groups in total. The van der Waals surface area contributed by atoms with Crippen molar-refractivity contribution >= 4 is 34.8 Å². The molecule has 0 heterocycles. The molecule has 4 rings (SSSR count). The molecule has 13 nitrogen and oxygen atoms in total. The average molecular weight is 573 g/mol. The zero-order chi connectivity index (χ0) is 30.7. The summed E-state index contributed by atoms with van der Waals surface area (Å²) in [4.78, 5) is 55.1. The lowest BCUT2D eigenvalue weighted by molar-refractivity contribution is -0.169. The molecule has 222 valence electrons. The number of phenols is 1. The quantitative estimate of drug-likeness (QED) is 0.167. The number of nitrogens with two attached hydrogens (primary N) is 1. The van der Waals surface area contributed by atoms with Crippen molar-refractivity contribution in [2.75, 3.05) is 39.0 Å². The maximum Gasteiger partial charge on any atom is 0.255 e. The Morgan fingerprint density at radius 3 is 2.24 bits per heavy atom. The first-order valence-electron chi connectivity index (χ1n) is 13.4. The number of fused-ring (bicyclic) bond motifs is 3. The summed E-state index contributed by atoms with van der Waals surface area (Å²) in [6.07, 6.45) is -1.68. The standard InChI is InChI=1S/C28H36N4O9/c1-6-32(7-2)10-14(33)30-13-9-8-12-11(3)15-17(22(35)16(12)21(13)34)25(38)28(41)19(23(15)36)20(31(4)5)24(37)18(26(28)39)27(29)40/h8-9,11,15,19-20,23,34-36,39,41H,6-7,10H2,1-5H3,(H2,29,40)(H,30,33)/t11-,15?,19?,20-,23?,28-/m0/s1. The molecule has 1 saturated carbocycles. The summed E-state index contributed by atoms with van der Waals surface area (Å²) in [5, 5.41) is 59.5. The van der Waals surface area contributed by atoms with Crippen LogP contribution in [0.5, 0.6) is 5.75 Å². The normalized spacial score (nSPS) is 29.4. The number of amides is 2. The van der Waals surface area contributed by atoms with Crippen LogP contribution in [0.25, 0.3) is 5.76 Å². The van der Waals surface area contributed by atoms with Gasteiger partial charge in [0, 0.05) is 11.5 Å². The van der Waals surface area contributed by atoms with E-state index in [1.54, 1.807) is 6.92 Å². The monoisotopic (exact) mass is 572 g/mol. The highest BCUT2D eigenvalue weighted by Crippen LogP contribution is 2.56. The number of likely N-dealkylation sites (N-methyl/N-ethyl adjacent to an activating group) is 2. The number of carbonyl (C=O) groups excluding carboxylic acids is 4. The van der Waals surface area contributed by atoms with Crippen LogP contribution < -0.4 is 11.1 Å². The van der Waals surface area contributed by atoms with E-state index in [1.807, 2.05) is 18.7 Å². The Hall–Kier alpha value is -3.78. The number of nitrogens with one attached hydrogen (secondary N) is 1. The molecule has 41 heavy (non-hydrogen) atoms. The van der Waals surface area contributed by atoms with E-state index >= 15 is 0 Å². The zero-order valence-corrected chi connectivity index (χ0v) is 23.5. The summed E-state index contributed by atoms with van der Waals surface area (Å²) in [5.74, 6) is -10.2. The van der Waals surface area contributed by atoms with E-state index in [0.717, 1.165) is 0 Å². The number of carbonyl (C=O) groups is 4. The van der Waals surface area contributed by atoms with Crippen molar-refractivity contribution in [2.45, 2.75) is 44.4 Å². The maximum atomic E-state index is 14.0. The predicted molar refractivity (Wildman–Crippen MR) is 147 cm³/mol. The molecule has 1 aromatic rings. The van der Waals surface area contributed by atoms with Gasteiger partial charge < -0.3 is 36.6 Å². The van der Waals surface area contributed by atoms with Gasteiger partial charge in [-0.3, -0.25) is 29.0 Å². The largest absolute Gasteiger partial charge is 0.508 e. The number of aromatic hydroxyl groups is 1. The fourth-order valence-electron chi connectivity index (χ4n) is 6.56. The van der Waals surface area contributed by atoms with Crippen molar-refractivity contribution in [3.8, 4) is 5.75 Å². The molecule has 3 aliphatic rings. The first-order valence-corrected chi connectivity index (χ1v) is 13.4. The van der Waals surface area contributed by atoms with E-state index in [-0.39, 0.29) is 17.8 Å². The van der Waals surface area contributed by atoms with E-state index < -0.39 is 87.3 Å². The molecule has 6 atom stereocenters. The van der Waals surface area contributed by atoms with Gasteiger partial charge in [-0.2, -0.15) is 0 Å². The van der Waals surface area contributed by atoms with Crippen molar-refractivity contribution in [3.05, 3.63) is 40.2 Å². The van der Waals surface area contributed by atoms with Crippen molar-refractivity contribution in [2.24, 2.45) is 17.6 Å². The highest BCUT2D eigenvalue weighted by molar-refractivity contribution is 6.24. The number of aliphatic hydroxyl groups excluding tert-OH is 3. The Labute approximate surface area is 236 Å². The lowest BCUT2D eigenvalue weighted by atomic mass is 9.54. The van der Waals surface area contributed by atoms with E-state index in [0.29, 0.717) is 18.7 Å². The van der Waals surface area contributed by atoms with Gasteiger partial charge in [-0.25, -0.2) is 0 Å². The van der Waals surface area contributed by atoms with Crippen molar-refractivity contribution in [1.82, 2.24) is 9.80 Å². The molecular formula is C28H36N4O9. The number of rotatable bonds is 7. The van der Waals surface area contributed by atoms with Crippen molar-refractivity contribution < 1.29 is 44.7 Å². The van der Waals surface area contributed by atoms with Crippen LogP contribution >= 0.6 is 0 Å². The minimum absolute atomic E-state index is 0.0335. The number of ketones is 2. The summed E-state index contributed by atoms with van der Waals surface area (Å²) in [7, 11) is 2.88. The Morgan fingerprint density at radius 1 is 1.10 bits per heavy atom. The first-order chi connectivity index (χ1) is 19.1. The average Bonchev–Trinajstić information content (AvgIpc) is 2.90. The van der Waals surface area contributed by atoms with E-state index in [9.17, 15) is 44.7 Å². The molecule has 0 bridgehead atoms. The molecule has 3 unspecified atom stereocenters. The third-order valence-electron chi connectivity index (χ3n) is 8.67. The molecule has 2 amide bonds. The second-order valence-corrected chi connectivity index (χ2v) is 11.0. The number of aliphatic hydroxyl groups is 4. The molecule has 0 aromatic heterocycles. The molecule has 13 heteroatoms. The zero-order valence-electron chi connectivity index (χ0n) is 23.5. The number of hydrogen-bond acceptors (Lipinski definition) is 11. The maximum absolute atomic E-state index is 14.0. The number of benzene rings is 1. The van der Waals surface area contributed by atoms with Gasteiger partial charge in [0.25, 0.3) is 5.91 Å².